The smallest absolute Gasteiger partial charge is 0.366 e. The summed E-state index contributed by atoms with van der Waals surface area (Å²) in [5, 5.41) is 1.75. The third kappa shape index (κ3) is 3.46. The maximum atomic E-state index is 12.0. The van der Waals surface area contributed by atoms with Gasteiger partial charge in [0.2, 0.25) is 5.91 Å². The molecule has 0 atom stereocenters. The average molecular weight is 274 g/mol. The highest BCUT2D eigenvalue weighted by Crippen LogP contribution is 2.19. The molecule has 1 aromatic carbocycles. The maximum Gasteiger partial charge on any atom is 0.471 e. The lowest BCUT2D eigenvalue weighted by molar-refractivity contribution is -0.173. The molecule has 0 aliphatic carbocycles. The molecule has 0 bridgehead atoms. The minimum atomic E-state index is -4.93. The van der Waals surface area contributed by atoms with Gasteiger partial charge in [0.1, 0.15) is 0 Å². The highest BCUT2D eigenvalue weighted by Gasteiger charge is 2.38. The third-order valence-electron chi connectivity index (χ3n) is 2.73. The first-order valence-corrected chi connectivity index (χ1v) is 5.38. The number of nitrogens with one attached hydrogen (secondary N) is 1. The second-order valence-corrected chi connectivity index (χ2v) is 4.09. The van der Waals surface area contributed by atoms with Gasteiger partial charge in [0.25, 0.3) is 0 Å². The van der Waals surface area contributed by atoms with E-state index in [1.807, 2.05) is 0 Å². The Morgan fingerprint density at radius 2 is 1.84 bits per heavy atom. The van der Waals surface area contributed by atoms with Crippen molar-refractivity contribution in [2.45, 2.75) is 26.6 Å². The fourth-order valence-corrected chi connectivity index (χ4v) is 1.74. The lowest BCUT2D eigenvalue weighted by atomic mass is 9.97. The Morgan fingerprint density at radius 1 is 1.26 bits per heavy atom. The first-order valence-electron chi connectivity index (χ1n) is 5.38. The number of aryl methyl sites for hydroxylation is 1. The van der Waals surface area contributed by atoms with Gasteiger partial charge in [-0.2, -0.15) is 13.2 Å². The van der Waals surface area contributed by atoms with E-state index in [4.69, 9.17) is 5.73 Å². The molecule has 7 heteroatoms. The van der Waals surface area contributed by atoms with Crippen molar-refractivity contribution in [2.75, 3.05) is 0 Å². The number of hydrogen-bond donors (Lipinski definition) is 2. The highest BCUT2D eigenvalue weighted by molar-refractivity contribution is 5.96. The van der Waals surface area contributed by atoms with Crippen LogP contribution in [0.5, 0.6) is 0 Å². The van der Waals surface area contributed by atoms with Gasteiger partial charge in [-0.05, 0) is 30.5 Å². The number of benzene rings is 1. The number of carbonyl (C=O) groups excluding carboxylic acids is 2. The Labute approximate surface area is 107 Å². The standard InChI is InChI=1S/C12H13F3N2O2/c1-6-3-4-8(7(2)9(6)10(16)18)5-17-11(19)12(13,14)15/h3-4H,5H2,1-2H3,(H2,16,18)(H,17,19). The van der Waals surface area contributed by atoms with Crippen molar-refractivity contribution in [2.24, 2.45) is 5.73 Å². The Bertz CT molecular complexity index is 524. The molecule has 0 saturated carbocycles. The third-order valence-corrected chi connectivity index (χ3v) is 2.73. The minimum absolute atomic E-state index is 0.263. The van der Waals surface area contributed by atoms with E-state index in [2.05, 4.69) is 0 Å². The second kappa shape index (κ2) is 5.29. The Balaban J connectivity index is 2.95. The normalized spacial score (nSPS) is 11.2. The van der Waals surface area contributed by atoms with Gasteiger partial charge >= 0.3 is 12.1 Å². The lowest BCUT2D eigenvalue weighted by Crippen LogP contribution is -2.36. The van der Waals surface area contributed by atoms with Gasteiger partial charge in [-0.25, -0.2) is 0 Å². The number of amides is 2. The van der Waals surface area contributed by atoms with Gasteiger partial charge in [0.05, 0.1) is 0 Å². The van der Waals surface area contributed by atoms with E-state index in [1.54, 1.807) is 31.3 Å². The van der Waals surface area contributed by atoms with Crippen LogP contribution in [0.4, 0.5) is 13.2 Å². The zero-order valence-electron chi connectivity index (χ0n) is 10.4. The summed E-state index contributed by atoms with van der Waals surface area (Å²) in [6.45, 7) is 2.93. The summed E-state index contributed by atoms with van der Waals surface area (Å²) in [7, 11) is 0. The maximum absolute atomic E-state index is 12.0. The topological polar surface area (TPSA) is 72.2 Å². The molecular weight excluding hydrogens is 261 g/mol. The Kier molecular flexibility index (Phi) is 4.18. The molecule has 0 radical (unpaired) electrons. The number of nitrogens with two attached hydrogens (primary N) is 1. The largest absolute Gasteiger partial charge is 0.471 e. The monoisotopic (exact) mass is 274 g/mol. The van der Waals surface area contributed by atoms with Crippen LogP contribution in [0.1, 0.15) is 27.0 Å². The SMILES string of the molecule is Cc1ccc(CNC(=O)C(F)(F)F)c(C)c1C(N)=O. The predicted molar refractivity (Wildman–Crippen MR) is 62.3 cm³/mol. The summed E-state index contributed by atoms with van der Waals surface area (Å²) in [4.78, 5) is 22.0. The fourth-order valence-electron chi connectivity index (χ4n) is 1.74. The molecular formula is C12H13F3N2O2. The van der Waals surface area contributed by atoms with E-state index in [1.165, 1.54) is 0 Å². The molecule has 1 aromatic rings. The van der Waals surface area contributed by atoms with Gasteiger partial charge in [-0.3, -0.25) is 9.59 Å². The van der Waals surface area contributed by atoms with E-state index in [9.17, 15) is 22.8 Å². The number of hydrogen-bond acceptors (Lipinski definition) is 2. The number of halogens is 3. The molecule has 0 fully saturated rings. The van der Waals surface area contributed by atoms with Crippen LogP contribution in [-0.2, 0) is 11.3 Å². The minimum Gasteiger partial charge on any atom is -0.366 e. The van der Waals surface area contributed by atoms with Crippen LogP contribution in [-0.4, -0.2) is 18.0 Å². The zero-order chi connectivity index (χ0) is 14.8. The number of rotatable bonds is 3. The average Bonchev–Trinajstić information content (AvgIpc) is 2.25. The molecule has 19 heavy (non-hydrogen) atoms. The van der Waals surface area contributed by atoms with E-state index in [0.717, 1.165) is 0 Å². The molecule has 1 rings (SSSR count). The molecule has 0 spiro atoms. The zero-order valence-corrected chi connectivity index (χ0v) is 10.4. The van der Waals surface area contributed by atoms with E-state index >= 15 is 0 Å². The first kappa shape index (κ1) is 15.0. The van der Waals surface area contributed by atoms with Crippen molar-refractivity contribution < 1.29 is 22.8 Å². The van der Waals surface area contributed by atoms with Crippen molar-refractivity contribution in [3.63, 3.8) is 0 Å². The molecule has 104 valence electrons. The number of carbonyl (C=O) groups is 2. The predicted octanol–water partition coefficient (Wildman–Crippen LogP) is 1.58. The van der Waals surface area contributed by atoms with Crippen LogP contribution in [0.15, 0.2) is 12.1 Å². The summed E-state index contributed by atoms with van der Waals surface area (Å²) >= 11 is 0. The van der Waals surface area contributed by atoms with Crippen LogP contribution in [0.25, 0.3) is 0 Å². The molecule has 0 heterocycles. The Hall–Kier alpha value is -2.05. The van der Waals surface area contributed by atoms with Gasteiger partial charge < -0.3 is 11.1 Å². The molecule has 0 saturated heterocycles. The van der Waals surface area contributed by atoms with Crippen LogP contribution in [0, 0.1) is 13.8 Å². The van der Waals surface area contributed by atoms with Gasteiger partial charge in [0.15, 0.2) is 0 Å². The summed E-state index contributed by atoms with van der Waals surface area (Å²) in [6.07, 6.45) is -4.93. The van der Waals surface area contributed by atoms with Gasteiger partial charge in [-0.15, -0.1) is 0 Å². The number of alkyl halides is 3. The van der Waals surface area contributed by atoms with E-state index in [0.29, 0.717) is 16.7 Å². The molecule has 0 aliphatic heterocycles. The molecule has 4 nitrogen and oxygen atoms in total. The summed E-state index contributed by atoms with van der Waals surface area (Å²) < 4.78 is 36.1. The summed E-state index contributed by atoms with van der Waals surface area (Å²) in [5.41, 5.74) is 6.98. The van der Waals surface area contributed by atoms with Crippen LogP contribution < -0.4 is 11.1 Å². The molecule has 0 aromatic heterocycles. The summed E-state index contributed by atoms with van der Waals surface area (Å²) in [6, 6.07) is 3.12. The lowest BCUT2D eigenvalue weighted by Gasteiger charge is -2.13. The number of primary amides is 1. The molecule has 2 amide bonds. The van der Waals surface area contributed by atoms with E-state index < -0.39 is 18.0 Å². The van der Waals surface area contributed by atoms with Crippen molar-refractivity contribution in [3.8, 4) is 0 Å². The Morgan fingerprint density at radius 3 is 2.32 bits per heavy atom. The van der Waals surface area contributed by atoms with Crippen LogP contribution in [0.3, 0.4) is 0 Å². The van der Waals surface area contributed by atoms with Crippen LogP contribution >= 0.6 is 0 Å². The van der Waals surface area contributed by atoms with Crippen molar-refractivity contribution >= 4 is 11.8 Å². The molecule has 0 aliphatic rings. The van der Waals surface area contributed by atoms with Crippen LogP contribution in [0.2, 0.25) is 0 Å². The van der Waals surface area contributed by atoms with Crippen molar-refractivity contribution in [3.05, 3.63) is 34.4 Å². The molecule has 0 unspecified atom stereocenters. The first-order chi connectivity index (χ1) is 8.64. The second-order valence-electron chi connectivity index (χ2n) is 4.09. The van der Waals surface area contributed by atoms with Crippen molar-refractivity contribution in [1.29, 1.82) is 0 Å². The molecule has 3 N–H and O–H groups in total. The fraction of sp³-hybridized carbons (Fsp3) is 0.333. The summed E-state index contributed by atoms with van der Waals surface area (Å²) in [5.74, 6) is -2.67. The van der Waals surface area contributed by atoms with Gasteiger partial charge in [-0.1, -0.05) is 12.1 Å². The highest BCUT2D eigenvalue weighted by atomic mass is 19.4. The van der Waals surface area contributed by atoms with E-state index in [-0.39, 0.29) is 12.1 Å². The van der Waals surface area contributed by atoms with Gasteiger partial charge in [0, 0.05) is 12.1 Å². The van der Waals surface area contributed by atoms with Crippen molar-refractivity contribution in [1.82, 2.24) is 5.32 Å². The quantitative estimate of drug-likeness (QED) is 0.878.